The number of hydrogen-bond donors (Lipinski definition) is 3. The van der Waals surface area contributed by atoms with Gasteiger partial charge in [0.05, 0.1) is 6.26 Å². The molecule has 0 spiro atoms. The van der Waals surface area contributed by atoms with Crippen LogP contribution in [0, 0.1) is 0 Å². The molecule has 0 bridgehead atoms. The number of amides is 2. The first-order valence-electron chi connectivity index (χ1n) is 4.86. The van der Waals surface area contributed by atoms with E-state index in [0.717, 1.165) is 0 Å². The van der Waals surface area contributed by atoms with Crippen molar-refractivity contribution in [3.8, 4) is 0 Å². The van der Waals surface area contributed by atoms with Gasteiger partial charge >= 0.3 is 5.97 Å². The van der Waals surface area contributed by atoms with Crippen LogP contribution >= 0.6 is 0 Å². The van der Waals surface area contributed by atoms with Gasteiger partial charge in [-0.15, -0.1) is 0 Å². The first-order chi connectivity index (χ1) is 8.00. The van der Waals surface area contributed by atoms with Crippen molar-refractivity contribution < 1.29 is 23.9 Å². The van der Waals surface area contributed by atoms with Gasteiger partial charge in [-0.1, -0.05) is 0 Å². The summed E-state index contributed by atoms with van der Waals surface area (Å²) >= 11 is 0. The molecule has 92 valence electrons. The molecule has 7 heteroatoms. The van der Waals surface area contributed by atoms with Crippen LogP contribution in [0.3, 0.4) is 0 Å². The molecule has 1 heterocycles. The summed E-state index contributed by atoms with van der Waals surface area (Å²) in [5.41, 5.74) is 4.90. The zero-order valence-electron chi connectivity index (χ0n) is 8.88. The summed E-state index contributed by atoms with van der Waals surface area (Å²) in [5.74, 6) is -2.49. The highest BCUT2D eigenvalue weighted by molar-refractivity contribution is 5.94. The maximum atomic E-state index is 11.5. The molecule has 0 aromatic carbocycles. The molecule has 1 aromatic rings. The van der Waals surface area contributed by atoms with Gasteiger partial charge in [0.25, 0.3) is 5.91 Å². The van der Waals surface area contributed by atoms with Crippen LogP contribution in [0.25, 0.3) is 0 Å². The topological polar surface area (TPSA) is 123 Å². The third kappa shape index (κ3) is 3.98. The number of hydrogen-bond acceptors (Lipinski definition) is 4. The Labute approximate surface area is 96.6 Å². The fourth-order valence-corrected chi connectivity index (χ4v) is 1.18. The first-order valence-corrected chi connectivity index (χ1v) is 4.86. The molecule has 0 radical (unpaired) electrons. The SMILES string of the molecule is NC(=O)CCC(NC(=O)c1ccco1)C(=O)O. The number of carboxylic acids is 1. The molecule has 1 atom stereocenters. The van der Waals surface area contributed by atoms with Crippen molar-refractivity contribution in [2.24, 2.45) is 5.73 Å². The summed E-state index contributed by atoms with van der Waals surface area (Å²) < 4.78 is 4.80. The van der Waals surface area contributed by atoms with Crippen molar-refractivity contribution >= 4 is 17.8 Å². The van der Waals surface area contributed by atoms with Crippen LogP contribution in [0.1, 0.15) is 23.4 Å². The molecule has 0 fully saturated rings. The number of carbonyl (C=O) groups is 3. The zero-order valence-corrected chi connectivity index (χ0v) is 8.88. The van der Waals surface area contributed by atoms with E-state index in [1.54, 1.807) is 0 Å². The summed E-state index contributed by atoms with van der Waals surface area (Å²) in [7, 11) is 0. The van der Waals surface area contributed by atoms with Crippen molar-refractivity contribution in [2.45, 2.75) is 18.9 Å². The van der Waals surface area contributed by atoms with E-state index in [0.29, 0.717) is 0 Å². The van der Waals surface area contributed by atoms with Crippen molar-refractivity contribution in [3.63, 3.8) is 0 Å². The van der Waals surface area contributed by atoms with E-state index < -0.39 is 23.8 Å². The van der Waals surface area contributed by atoms with E-state index in [1.165, 1.54) is 18.4 Å². The van der Waals surface area contributed by atoms with Crippen molar-refractivity contribution in [3.05, 3.63) is 24.2 Å². The standard InChI is InChI=1S/C10H12N2O5/c11-8(13)4-3-6(10(15)16)12-9(14)7-2-1-5-17-7/h1-2,5-6H,3-4H2,(H2,11,13)(H,12,14)(H,15,16). The Morgan fingerprint density at radius 2 is 2.18 bits per heavy atom. The van der Waals surface area contributed by atoms with E-state index >= 15 is 0 Å². The monoisotopic (exact) mass is 240 g/mol. The number of nitrogens with two attached hydrogens (primary N) is 1. The molecule has 1 unspecified atom stereocenters. The van der Waals surface area contributed by atoms with E-state index in [9.17, 15) is 14.4 Å². The second-order valence-corrected chi connectivity index (χ2v) is 3.35. The van der Waals surface area contributed by atoms with Gasteiger partial charge in [0, 0.05) is 6.42 Å². The number of primary amides is 1. The van der Waals surface area contributed by atoms with Gasteiger partial charge in [-0.05, 0) is 18.6 Å². The molecule has 0 aliphatic carbocycles. The smallest absolute Gasteiger partial charge is 0.326 e. The predicted molar refractivity (Wildman–Crippen MR) is 56.0 cm³/mol. The lowest BCUT2D eigenvalue weighted by Gasteiger charge is -2.12. The highest BCUT2D eigenvalue weighted by atomic mass is 16.4. The molecule has 1 rings (SSSR count). The number of rotatable bonds is 6. The normalized spacial score (nSPS) is 11.8. The molecule has 2 amide bonds. The lowest BCUT2D eigenvalue weighted by atomic mass is 10.1. The summed E-state index contributed by atoms with van der Waals surface area (Å²) in [6.07, 6.45) is 1.13. The van der Waals surface area contributed by atoms with Gasteiger partial charge in [0.2, 0.25) is 5.91 Å². The van der Waals surface area contributed by atoms with Gasteiger partial charge in [0.1, 0.15) is 6.04 Å². The van der Waals surface area contributed by atoms with E-state index in [2.05, 4.69) is 5.32 Å². The molecule has 7 nitrogen and oxygen atoms in total. The van der Waals surface area contributed by atoms with E-state index in [1.807, 2.05) is 0 Å². The Kier molecular flexibility index (Phi) is 4.27. The summed E-state index contributed by atoms with van der Waals surface area (Å²) in [4.78, 5) is 32.8. The van der Waals surface area contributed by atoms with Crippen molar-refractivity contribution in [2.75, 3.05) is 0 Å². The average molecular weight is 240 g/mol. The average Bonchev–Trinajstić information content (AvgIpc) is 2.76. The Balaban J connectivity index is 2.58. The van der Waals surface area contributed by atoms with Crippen LogP contribution < -0.4 is 11.1 Å². The van der Waals surface area contributed by atoms with Crippen LogP contribution in [0.5, 0.6) is 0 Å². The zero-order chi connectivity index (χ0) is 12.8. The summed E-state index contributed by atoms with van der Waals surface area (Å²) in [6, 6.07) is 1.75. The third-order valence-corrected chi connectivity index (χ3v) is 2.03. The Bertz CT molecular complexity index is 412. The lowest BCUT2D eigenvalue weighted by Crippen LogP contribution is -2.41. The maximum absolute atomic E-state index is 11.5. The van der Waals surface area contributed by atoms with Crippen LogP contribution in [-0.4, -0.2) is 28.9 Å². The highest BCUT2D eigenvalue weighted by Gasteiger charge is 2.22. The van der Waals surface area contributed by atoms with Crippen molar-refractivity contribution in [1.82, 2.24) is 5.32 Å². The number of aliphatic carboxylic acids is 1. The second-order valence-electron chi connectivity index (χ2n) is 3.35. The number of furan rings is 1. The fourth-order valence-electron chi connectivity index (χ4n) is 1.18. The van der Waals surface area contributed by atoms with Gasteiger partial charge in [-0.2, -0.15) is 0 Å². The number of nitrogens with one attached hydrogen (secondary N) is 1. The van der Waals surface area contributed by atoms with Crippen LogP contribution in [0.15, 0.2) is 22.8 Å². The van der Waals surface area contributed by atoms with E-state index in [-0.39, 0.29) is 18.6 Å². The molecule has 0 aliphatic heterocycles. The van der Waals surface area contributed by atoms with Gasteiger partial charge in [0.15, 0.2) is 5.76 Å². The van der Waals surface area contributed by atoms with Gasteiger partial charge < -0.3 is 20.6 Å². The fraction of sp³-hybridized carbons (Fsp3) is 0.300. The van der Waals surface area contributed by atoms with Gasteiger partial charge in [-0.25, -0.2) is 4.79 Å². The Hall–Kier alpha value is -2.31. The van der Waals surface area contributed by atoms with Crippen LogP contribution in [-0.2, 0) is 9.59 Å². The maximum Gasteiger partial charge on any atom is 0.326 e. The molecule has 0 saturated heterocycles. The minimum absolute atomic E-state index is 0.00956. The largest absolute Gasteiger partial charge is 0.480 e. The first kappa shape index (κ1) is 12.8. The molecular formula is C10H12N2O5. The third-order valence-electron chi connectivity index (χ3n) is 2.03. The summed E-state index contributed by atoms with van der Waals surface area (Å²) in [6.45, 7) is 0. The molecule has 17 heavy (non-hydrogen) atoms. The van der Waals surface area contributed by atoms with Gasteiger partial charge in [-0.3, -0.25) is 9.59 Å². The predicted octanol–water partition coefficient (Wildman–Crippen LogP) is -0.272. The molecule has 4 N–H and O–H groups in total. The Morgan fingerprint density at radius 3 is 2.65 bits per heavy atom. The van der Waals surface area contributed by atoms with E-state index in [4.69, 9.17) is 15.3 Å². The highest BCUT2D eigenvalue weighted by Crippen LogP contribution is 2.03. The minimum atomic E-state index is -1.23. The van der Waals surface area contributed by atoms with Crippen LogP contribution in [0.4, 0.5) is 0 Å². The molecule has 0 saturated carbocycles. The molecule has 1 aromatic heterocycles. The molecule has 0 aliphatic rings. The summed E-state index contributed by atoms with van der Waals surface area (Å²) in [5, 5.41) is 11.1. The number of carbonyl (C=O) groups excluding carboxylic acids is 2. The number of carboxylic acid groups (broad SMARTS) is 1. The van der Waals surface area contributed by atoms with Crippen LogP contribution in [0.2, 0.25) is 0 Å². The Morgan fingerprint density at radius 1 is 1.47 bits per heavy atom. The molecular weight excluding hydrogens is 228 g/mol. The lowest BCUT2D eigenvalue weighted by molar-refractivity contribution is -0.139. The second kappa shape index (κ2) is 5.69. The minimum Gasteiger partial charge on any atom is -0.480 e. The van der Waals surface area contributed by atoms with Crippen molar-refractivity contribution in [1.29, 1.82) is 0 Å². The quantitative estimate of drug-likeness (QED) is 0.631.